The molecule has 0 radical (unpaired) electrons. The Morgan fingerprint density at radius 2 is 2.00 bits per heavy atom. The molecule has 0 atom stereocenters. The summed E-state index contributed by atoms with van der Waals surface area (Å²) in [4.78, 5) is 29.1. The molecule has 1 N–H and O–H groups in total. The number of likely N-dealkylation sites (N-methyl/N-ethyl adjacent to an activating group) is 1. The summed E-state index contributed by atoms with van der Waals surface area (Å²) in [6.07, 6.45) is 2.88. The molecule has 0 saturated heterocycles. The Hall–Kier alpha value is -1.79. The number of nitrogens with zero attached hydrogens (tertiary/aromatic N) is 1. The first-order valence-corrected chi connectivity index (χ1v) is 9.78. The quantitative estimate of drug-likeness (QED) is 0.789. The highest BCUT2D eigenvalue weighted by Crippen LogP contribution is 2.25. The van der Waals surface area contributed by atoms with Gasteiger partial charge in [0.15, 0.2) is 0 Å². The maximum atomic E-state index is 12.5. The number of nitrogens with one attached hydrogen (secondary N) is 1. The van der Waals surface area contributed by atoms with Gasteiger partial charge in [0.2, 0.25) is 5.91 Å². The standard InChI is InChI=1S/C18H22N2O2S2/c1-5-14-12(2)10-16(24-14)18(22)20(3)11-17(21)19-13-8-6-7-9-15(13)23-4/h6-10H,5,11H2,1-4H3,(H,19,21). The summed E-state index contributed by atoms with van der Waals surface area (Å²) in [5, 5.41) is 2.88. The summed E-state index contributed by atoms with van der Waals surface area (Å²) in [5.41, 5.74) is 1.91. The molecule has 1 aromatic heterocycles. The molecule has 0 spiro atoms. The monoisotopic (exact) mass is 362 g/mol. The van der Waals surface area contributed by atoms with E-state index in [4.69, 9.17) is 0 Å². The van der Waals surface area contributed by atoms with Gasteiger partial charge in [-0.05, 0) is 43.4 Å². The van der Waals surface area contributed by atoms with Gasteiger partial charge in [0.1, 0.15) is 0 Å². The van der Waals surface area contributed by atoms with E-state index in [-0.39, 0.29) is 18.4 Å². The van der Waals surface area contributed by atoms with Gasteiger partial charge in [0.05, 0.1) is 17.1 Å². The van der Waals surface area contributed by atoms with Gasteiger partial charge < -0.3 is 10.2 Å². The second-order valence-electron chi connectivity index (χ2n) is 5.48. The Bertz CT molecular complexity index is 740. The van der Waals surface area contributed by atoms with Gasteiger partial charge in [-0.3, -0.25) is 9.59 Å². The van der Waals surface area contributed by atoms with E-state index in [0.29, 0.717) is 4.88 Å². The molecule has 4 nitrogen and oxygen atoms in total. The van der Waals surface area contributed by atoms with Gasteiger partial charge in [-0.15, -0.1) is 23.1 Å². The van der Waals surface area contributed by atoms with Crippen LogP contribution in [0.25, 0.3) is 0 Å². The molecule has 0 fully saturated rings. The minimum Gasteiger partial charge on any atom is -0.332 e. The Balaban J connectivity index is 2.01. The summed E-state index contributed by atoms with van der Waals surface area (Å²) >= 11 is 3.08. The number of rotatable bonds is 6. The van der Waals surface area contributed by atoms with Crippen molar-refractivity contribution in [1.29, 1.82) is 0 Å². The Kier molecular flexibility index (Phi) is 6.45. The molecule has 0 aliphatic rings. The van der Waals surface area contributed by atoms with Crippen LogP contribution in [0.5, 0.6) is 0 Å². The average Bonchev–Trinajstić information content (AvgIpc) is 2.95. The zero-order chi connectivity index (χ0) is 17.7. The molecular formula is C18H22N2O2S2. The van der Waals surface area contributed by atoms with Gasteiger partial charge in [0, 0.05) is 16.8 Å². The number of para-hydroxylation sites is 1. The van der Waals surface area contributed by atoms with Gasteiger partial charge in [-0.1, -0.05) is 19.1 Å². The van der Waals surface area contributed by atoms with E-state index >= 15 is 0 Å². The number of hydrogen-bond acceptors (Lipinski definition) is 4. The van der Waals surface area contributed by atoms with Gasteiger partial charge in [-0.2, -0.15) is 0 Å². The normalized spacial score (nSPS) is 10.5. The third kappa shape index (κ3) is 4.39. The Labute approximate surface area is 151 Å². The molecule has 0 unspecified atom stereocenters. The topological polar surface area (TPSA) is 49.4 Å². The lowest BCUT2D eigenvalue weighted by atomic mass is 10.2. The highest BCUT2D eigenvalue weighted by molar-refractivity contribution is 7.98. The number of benzene rings is 1. The number of aryl methyl sites for hydroxylation is 2. The van der Waals surface area contributed by atoms with E-state index in [1.165, 1.54) is 21.1 Å². The molecule has 1 aromatic carbocycles. The molecule has 0 aliphatic carbocycles. The predicted octanol–water partition coefficient (Wildman–Crippen LogP) is 4.05. The lowest BCUT2D eigenvalue weighted by Crippen LogP contribution is -2.34. The van der Waals surface area contributed by atoms with Gasteiger partial charge >= 0.3 is 0 Å². The number of anilines is 1. The van der Waals surface area contributed by atoms with E-state index in [1.807, 2.05) is 43.5 Å². The number of thioether (sulfide) groups is 1. The molecule has 1 heterocycles. The molecule has 2 amide bonds. The van der Waals surface area contributed by atoms with Crippen LogP contribution in [0.1, 0.15) is 27.0 Å². The highest BCUT2D eigenvalue weighted by Gasteiger charge is 2.18. The van der Waals surface area contributed by atoms with E-state index in [1.54, 1.807) is 18.8 Å². The fourth-order valence-electron chi connectivity index (χ4n) is 2.39. The van der Waals surface area contributed by atoms with Crippen molar-refractivity contribution in [2.75, 3.05) is 25.2 Å². The third-order valence-electron chi connectivity index (χ3n) is 3.66. The fourth-order valence-corrected chi connectivity index (χ4v) is 4.05. The molecule has 0 aliphatic heterocycles. The van der Waals surface area contributed by atoms with Crippen LogP contribution in [0.2, 0.25) is 0 Å². The Morgan fingerprint density at radius 1 is 1.29 bits per heavy atom. The second kappa shape index (κ2) is 8.35. The van der Waals surface area contributed by atoms with E-state index in [2.05, 4.69) is 12.2 Å². The Morgan fingerprint density at radius 3 is 2.62 bits per heavy atom. The number of hydrogen-bond donors (Lipinski definition) is 1. The molecule has 24 heavy (non-hydrogen) atoms. The first-order valence-electron chi connectivity index (χ1n) is 7.73. The molecule has 2 rings (SSSR count). The van der Waals surface area contributed by atoms with Crippen LogP contribution in [0, 0.1) is 6.92 Å². The number of carbonyl (C=O) groups is 2. The largest absolute Gasteiger partial charge is 0.332 e. The number of thiophene rings is 1. The molecule has 0 bridgehead atoms. The summed E-state index contributed by atoms with van der Waals surface area (Å²) in [7, 11) is 1.66. The van der Waals surface area contributed by atoms with Crippen molar-refractivity contribution in [1.82, 2.24) is 4.90 Å². The minimum atomic E-state index is -0.198. The first kappa shape index (κ1) is 18.5. The lowest BCUT2D eigenvalue weighted by Gasteiger charge is -2.16. The van der Waals surface area contributed by atoms with Crippen LogP contribution < -0.4 is 5.32 Å². The smallest absolute Gasteiger partial charge is 0.264 e. The summed E-state index contributed by atoms with van der Waals surface area (Å²) in [6, 6.07) is 9.54. The molecular weight excluding hydrogens is 340 g/mol. The zero-order valence-electron chi connectivity index (χ0n) is 14.4. The second-order valence-corrected chi connectivity index (χ2v) is 7.46. The minimum absolute atomic E-state index is 0.0277. The zero-order valence-corrected chi connectivity index (χ0v) is 16.0. The molecule has 2 aromatic rings. The first-order chi connectivity index (χ1) is 11.5. The van der Waals surface area contributed by atoms with Gasteiger partial charge in [0.25, 0.3) is 5.91 Å². The lowest BCUT2D eigenvalue weighted by molar-refractivity contribution is -0.116. The van der Waals surface area contributed by atoms with E-state index < -0.39 is 0 Å². The van der Waals surface area contributed by atoms with E-state index in [9.17, 15) is 9.59 Å². The van der Waals surface area contributed by atoms with Crippen molar-refractivity contribution < 1.29 is 9.59 Å². The van der Waals surface area contributed by atoms with Crippen LogP contribution in [0.15, 0.2) is 35.2 Å². The van der Waals surface area contributed by atoms with Crippen molar-refractivity contribution in [3.8, 4) is 0 Å². The number of carbonyl (C=O) groups excluding carboxylic acids is 2. The van der Waals surface area contributed by atoms with Crippen LogP contribution in [0.3, 0.4) is 0 Å². The predicted molar refractivity (Wildman–Crippen MR) is 102 cm³/mol. The van der Waals surface area contributed by atoms with Crippen molar-refractivity contribution in [3.05, 3.63) is 45.6 Å². The maximum absolute atomic E-state index is 12.5. The third-order valence-corrected chi connectivity index (χ3v) is 5.83. The van der Waals surface area contributed by atoms with Crippen molar-refractivity contribution in [2.24, 2.45) is 0 Å². The van der Waals surface area contributed by atoms with Crippen LogP contribution in [0.4, 0.5) is 5.69 Å². The van der Waals surface area contributed by atoms with Crippen molar-refractivity contribution >= 4 is 40.6 Å². The average molecular weight is 363 g/mol. The summed E-state index contributed by atoms with van der Waals surface area (Å²) in [6.45, 7) is 4.12. The van der Waals surface area contributed by atoms with Crippen LogP contribution in [-0.2, 0) is 11.2 Å². The van der Waals surface area contributed by atoms with Crippen molar-refractivity contribution in [2.45, 2.75) is 25.2 Å². The molecule has 128 valence electrons. The molecule has 0 saturated carbocycles. The van der Waals surface area contributed by atoms with Crippen LogP contribution in [-0.4, -0.2) is 36.6 Å². The molecule has 6 heteroatoms. The van der Waals surface area contributed by atoms with Crippen LogP contribution >= 0.6 is 23.1 Å². The summed E-state index contributed by atoms with van der Waals surface area (Å²) in [5.74, 6) is -0.313. The summed E-state index contributed by atoms with van der Waals surface area (Å²) < 4.78 is 0. The van der Waals surface area contributed by atoms with Gasteiger partial charge in [-0.25, -0.2) is 0 Å². The fraction of sp³-hybridized carbons (Fsp3) is 0.333. The van der Waals surface area contributed by atoms with Crippen molar-refractivity contribution in [3.63, 3.8) is 0 Å². The maximum Gasteiger partial charge on any atom is 0.264 e. The highest BCUT2D eigenvalue weighted by atomic mass is 32.2. The number of amides is 2. The SMILES string of the molecule is CCc1sc(C(=O)N(C)CC(=O)Nc2ccccc2SC)cc1C. The van der Waals surface area contributed by atoms with E-state index in [0.717, 1.165) is 22.6 Å².